The molecule has 0 bridgehead atoms. The second kappa shape index (κ2) is 6.49. The highest BCUT2D eigenvalue weighted by molar-refractivity contribution is 6.26. The number of pyridine rings is 1. The highest BCUT2D eigenvalue weighted by Crippen LogP contribution is 2.41. The smallest absolute Gasteiger partial charge is 0.234 e. The van der Waals surface area contributed by atoms with E-state index < -0.39 is 0 Å². The maximum absolute atomic E-state index is 4.70. The van der Waals surface area contributed by atoms with Crippen LogP contribution in [0.2, 0.25) is 0 Å². The van der Waals surface area contributed by atoms with Crippen molar-refractivity contribution >= 4 is 43.6 Å². The van der Waals surface area contributed by atoms with Crippen LogP contribution in [-0.2, 0) is 0 Å². The van der Waals surface area contributed by atoms with E-state index in [0.29, 0.717) is 5.95 Å². The van der Waals surface area contributed by atoms with Gasteiger partial charge in [-0.1, -0.05) is 48.5 Å². The van der Waals surface area contributed by atoms with Crippen molar-refractivity contribution in [2.45, 2.75) is 0 Å². The summed E-state index contributed by atoms with van der Waals surface area (Å²) in [6.45, 7) is 0. The molecule has 3 aromatic carbocycles. The van der Waals surface area contributed by atoms with Gasteiger partial charge < -0.3 is 0 Å². The van der Waals surface area contributed by atoms with Crippen LogP contribution >= 0.6 is 0 Å². The van der Waals surface area contributed by atoms with Crippen LogP contribution in [0.4, 0.5) is 0 Å². The van der Waals surface area contributed by atoms with Gasteiger partial charge in [0.1, 0.15) is 5.82 Å². The summed E-state index contributed by atoms with van der Waals surface area (Å²) in [4.78, 5) is 13.8. The minimum absolute atomic E-state index is 0.665. The number of hydrogen-bond acceptors (Lipinski definition) is 3. The molecule has 150 valence electrons. The summed E-state index contributed by atoms with van der Waals surface area (Å²) in [6, 6.07) is 29.3. The molecule has 4 heterocycles. The quantitative estimate of drug-likeness (QED) is 0.347. The molecule has 0 saturated heterocycles. The summed E-state index contributed by atoms with van der Waals surface area (Å²) >= 11 is 0. The van der Waals surface area contributed by atoms with Crippen LogP contribution in [0, 0.1) is 0 Å². The molecule has 32 heavy (non-hydrogen) atoms. The van der Waals surface area contributed by atoms with Crippen LogP contribution in [0.25, 0.3) is 55.4 Å². The number of fused-ring (bicyclic) bond motifs is 7. The van der Waals surface area contributed by atoms with Gasteiger partial charge >= 0.3 is 0 Å². The molecule has 4 aromatic heterocycles. The highest BCUT2D eigenvalue weighted by Gasteiger charge is 2.21. The number of benzene rings is 3. The second-order valence-corrected chi connectivity index (χ2v) is 7.80. The lowest BCUT2D eigenvalue weighted by Gasteiger charge is -2.08. The SMILES string of the molecule is c1ccc(-n2c3ccccc3c3ccc4c(c5ccccc5n4-c4ncccn4)c32)nc1. The van der Waals surface area contributed by atoms with E-state index in [0.717, 1.165) is 27.9 Å². The van der Waals surface area contributed by atoms with Gasteiger partial charge in [0.15, 0.2) is 0 Å². The fraction of sp³-hybridized carbons (Fsp3) is 0. The number of nitrogens with zero attached hydrogens (tertiary/aromatic N) is 5. The monoisotopic (exact) mass is 411 g/mol. The topological polar surface area (TPSA) is 48.5 Å². The van der Waals surface area contributed by atoms with E-state index in [9.17, 15) is 0 Å². The van der Waals surface area contributed by atoms with Crippen molar-refractivity contribution in [2.75, 3.05) is 0 Å². The summed E-state index contributed by atoms with van der Waals surface area (Å²) in [7, 11) is 0. The molecular formula is C27H17N5. The Morgan fingerprint density at radius 3 is 1.94 bits per heavy atom. The third-order valence-corrected chi connectivity index (χ3v) is 6.10. The molecule has 0 radical (unpaired) electrons. The minimum atomic E-state index is 0.665. The number of rotatable bonds is 2. The first kappa shape index (κ1) is 17.2. The van der Waals surface area contributed by atoms with Gasteiger partial charge in [-0.15, -0.1) is 0 Å². The molecule has 0 unspecified atom stereocenters. The molecule has 0 aliphatic carbocycles. The van der Waals surface area contributed by atoms with Crippen molar-refractivity contribution < 1.29 is 0 Å². The van der Waals surface area contributed by atoms with Crippen molar-refractivity contribution in [3.8, 4) is 11.8 Å². The van der Waals surface area contributed by atoms with Gasteiger partial charge in [-0.2, -0.15) is 0 Å². The Balaban J connectivity index is 1.77. The first-order valence-electron chi connectivity index (χ1n) is 10.6. The Bertz CT molecular complexity index is 1760. The maximum atomic E-state index is 4.70. The molecule has 0 saturated carbocycles. The van der Waals surface area contributed by atoms with Crippen LogP contribution in [0.3, 0.4) is 0 Å². The average molecular weight is 411 g/mol. The molecule has 0 N–H and O–H groups in total. The van der Waals surface area contributed by atoms with E-state index in [1.165, 1.54) is 21.5 Å². The van der Waals surface area contributed by atoms with E-state index in [2.05, 4.69) is 85.8 Å². The van der Waals surface area contributed by atoms with Crippen LogP contribution in [-0.4, -0.2) is 24.1 Å². The van der Waals surface area contributed by atoms with Gasteiger partial charge in [0, 0.05) is 40.1 Å². The van der Waals surface area contributed by atoms with Crippen LogP contribution in [0.5, 0.6) is 0 Å². The molecule has 7 rings (SSSR count). The highest BCUT2D eigenvalue weighted by atomic mass is 15.2. The summed E-state index contributed by atoms with van der Waals surface area (Å²) in [5.41, 5.74) is 4.44. The van der Waals surface area contributed by atoms with Crippen LogP contribution in [0.1, 0.15) is 0 Å². The molecule has 5 heteroatoms. The predicted octanol–water partition coefficient (Wildman–Crippen LogP) is 6.07. The van der Waals surface area contributed by atoms with Crippen LogP contribution in [0.15, 0.2) is 104 Å². The van der Waals surface area contributed by atoms with Gasteiger partial charge in [-0.3, -0.25) is 9.13 Å². The first-order valence-corrected chi connectivity index (χ1v) is 10.6. The fourth-order valence-corrected chi connectivity index (χ4v) is 4.85. The van der Waals surface area contributed by atoms with Gasteiger partial charge in [-0.25, -0.2) is 15.0 Å². The van der Waals surface area contributed by atoms with E-state index in [4.69, 9.17) is 4.98 Å². The Kier molecular flexibility index (Phi) is 3.49. The average Bonchev–Trinajstić information content (AvgIpc) is 3.38. The lowest BCUT2D eigenvalue weighted by Crippen LogP contribution is -2.00. The first-order chi connectivity index (χ1) is 15.9. The number of hydrogen-bond donors (Lipinski definition) is 0. The summed E-state index contributed by atoms with van der Waals surface area (Å²) < 4.78 is 4.42. The Labute approximate surface area is 183 Å². The molecule has 7 aromatic rings. The Morgan fingerprint density at radius 1 is 0.469 bits per heavy atom. The van der Waals surface area contributed by atoms with E-state index in [1.54, 1.807) is 12.4 Å². The molecular weight excluding hydrogens is 394 g/mol. The zero-order valence-electron chi connectivity index (χ0n) is 17.1. The maximum Gasteiger partial charge on any atom is 0.234 e. The van der Waals surface area contributed by atoms with Gasteiger partial charge in [-0.05, 0) is 36.4 Å². The lowest BCUT2D eigenvalue weighted by atomic mass is 10.1. The van der Waals surface area contributed by atoms with Gasteiger partial charge in [0.2, 0.25) is 5.95 Å². The van der Waals surface area contributed by atoms with Gasteiger partial charge in [0.05, 0.1) is 22.1 Å². The Morgan fingerprint density at radius 2 is 1.16 bits per heavy atom. The molecule has 0 aliphatic rings. The van der Waals surface area contributed by atoms with E-state index >= 15 is 0 Å². The normalized spacial score (nSPS) is 11.8. The van der Waals surface area contributed by atoms with Crippen molar-refractivity contribution in [1.29, 1.82) is 0 Å². The van der Waals surface area contributed by atoms with E-state index in [1.807, 2.05) is 24.4 Å². The third-order valence-electron chi connectivity index (χ3n) is 6.10. The molecule has 0 aliphatic heterocycles. The zero-order chi connectivity index (χ0) is 21.1. The molecule has 0 spiro atoms. The summed E-state index contributed by atoms with van der Waals surface area (Å²) in [5, 5.41) is 4.76. The summed E-state index contributed by atoms with van der Waals surface area (Å²) in [6.07, 6.45) is 5.41. The molecule has 0 fully saturated rings. The number of para-hydroxylation sites is 2. The van der Waals surface area contributed by atoms with Crippen molar-refractivity contribution in [3.63, 3.8) is 0 Å². The van der Waals surface area contributed by atoms with Gasteiger partial charge in [0.25, 0.3) is 0 Å². The van der Waals surface area contributed by atoms with Crippen LogP contribution < -0.4 is 0 Å². The molecule has 5 nitrogen and oxygen atoms in total. The Hall–Kier alpha value is -4.51. The standard InChI is InChI=1S/C27H17N5/c1-3-10-21-18(8-1)19-13-14-23-25(26(19)32(21)24-12-5-6-15-28-24)20-9-2-4-11-22(20)31(23)27-29-16-7-17-30-27/h1-17H. The fourth-order valence-electron chi connectivity index (χ4n) is 4.85. The zero-order valence-corrected chi connectivity index (χ0v) is 17.1. The largest absolute Gasteiger partial charge is 0.293 e. The van der Waals surface area contributed by atoms with Crippen molar-refractivity contribution in [1.82, 2.24) is 24.1 Å². The van der Waals surface area contributed by atoms with E-state index in [-0.39, 0.29) is 0 Å². The molecule has 0 atom stereocenters. The molecule has 0 amide bonds. The van der Waals surface area contributed by atoms with Crippen molar-refractivity contribution in [2.24, 2.45) is 0 Å². The lowest BCUT2D eigenvalue weighted by molar-refractivity contribution is 0.988. The predicted molar refractivity (Wildman–Crippen MR) is 129 cm³/mol. The summed E-state index contributed by atoms with van der Waals surface area (Å²) in [5.74, 6) is 1.57. The second-order valence-electron chi connectivity index (χ2n) is 7.80. The number of aromatic nitrogens is 5. The third kappa shape index (κ3) is 2.25. The van der Waals surface area contributed by atoms with Crippen molar-refractivity contribution in [3.05, 3.63) is 104 Å². The minimum Gasteiger partial charge on any atom is -0.293 e.